The first kappa shape index (κ1) is 20.9. The number of amides is 1. The Morgan fingerprint density at radius 3 is 2.58 bits per heavy atom. The number of hydrogen-bond donors (Lipinski definition) is 0. The molecule has 0 radical (unpaired) electrons. The van der Waals surface area contributed by atoms with Crippen molar-refractivity contribution in [3.05, 3.63) is 29.6 Å². The van der Waals surface area contributed by atoms with Crippen LogP contribution in [-0.4, -0.2) is 42.2 Å². The molecule has 2 rings (SSSR count). The third-order valence-corrected chi connectivity index (χ3v) is 4.41. The molecule has 1 saturated heterocycles. The zero-order chi connectivity index (χ0) is 19.5. The summed E-state index contributed by atoms with van der Waals surface area (Å²) in [5.74, 6) is -0.758. The molecule has 1 fully saturated rings. The topological polar surface area (TPSA) is 38.8 Å². The van der Waals surface area contributed by atoms with Crippen LogP contribution in [0.5, 0.6) is 0 Å². The number of nitrogens with zero attached hydrogens (tertiary/aromatic N) is 1. The van der Waals surface area contributed by atoms with E-state index < -0.39 is 18.5 Å². The second-order valence-corrected chi connectivity index (χ2v) is 8.33. The summed E-state index contributed by atoms with van der Waals surface area (Å²) in [6.07, 6.45) is 2.97. The predicted molar refractivity (Wildman–Crippen MR) is 103 cm³/mol. The maximum absolute atomic E-state index is 14.4. The number of rotatable bonds is 5. The van der Waals surface area contributed by atoms with Gasteiger partial charge in [-0.3, -0.25) is 4.79 Å². The van der Waals surface area contributed by atoms with E-state index in [1.807, 2.05) is 41.5 Å². The van der Waals surface area contributed by atoms with Gasteiger partial charge in [0.15, 0.2) is 0 Å². The average molecular weight is 363 g/mol. The van der Waals surface area contributed by atoms with Crippen molar-refractivity contribution in [2.75, 3.05) is 6.54 Å². The number of halogens is 1. The van der Waals surface area contributed by atoms with E-state index in [2.05, 4.69) is 0 Å². The Bertz CT molecular complexity index is 630. The number of carbonyl (C=O) groups is 1. The molecular weight excluding hydrogens is 332 g/mol. The van der Waals surface area contributed by atoms with E-state index in [1.165, 1.54) is 6.07 Å². The zero-order valence-electron chi connectivity index (χ0n) is 16.8. The van der Waals surface area contributed by atoms with E-state index in [-0.39, 0.29) is 23.6 Å². The van der Waals surface area contributed by atoms with Crippen molar-refractivity contribution < 1.29 is 18.5 Å². The van der Waals surface area contributed by atoms with Crippen molar-refractivity contribution >= 4 is 18.5 Å². The molecule has 1 amide bonds. The Morgan fingerprint density at radius 2 is 2.00 bits per heavy atom. The van der Waals surface area contributed by atoms with Gasteiger partial charge in [0.05, 0.1) is 5.56 Å². The fourth-order valence-corrected chi connectivity index (χ4v) is 3.15. The fourth-order valence-electron chi connectivity index (χ4n) is 3.15. The molecule has 0 saturated carbocycles. The molecule has 1 aromatic rings. The van der Waals surface area contributed by atoms with Gasteiger partial charge in [0, 0.05) is 24.3 Å². The van der Waals surface area contributed by atoms with Gasteiger partial charge in [-0.15, -0.1) is 0 Å². The van der Waals surface area contributed by atoms with Crippen LogP contribution >= 0.6 is 0 Å². The minimum absolute atomic E-state index is 0.0614. The monoisotopic (exact) mass is 363 g/mol. The van der Waals surface area contributed by atoms with E-state index >= 15 is 0 Å². The molecular formula is C20H31BFNO3. The van der Waals surface area contributed by atoms with Gasteiger partial charge in [-0.05, 0) is 78.4 Å². The molecule has 1 heterocycles. The number of benzene rings is 1. The zero-order valence-corrected chi connectivity index (χ0v) is 16.8. The maximum Gasteiger partial charge on any atom is 0.494 e. The lowest BCUT2D eigenvalue weighted by Crippen LogP contribution is -2.46. The van der Waals surface area contributed by atoms with Crippen LogP contribution in [0.4, 0.5) is 4.39 Å². The summed E-state index contributed by atoms with van der Waals surface area (Å²) in [6.45, 7) is 12.4. The van der Waals surface area contributed by atoms with E-state index in [9.17, 15) is 9.18 Å². The summed E-state index contributed by atoms with van der Waals surface area (Å²) < 4.78 is 26.3. The highest BCUT2D eigenvalue weighted by atomic mass is 19.1. The Hall–Kier alpha value is -1.40. The first-order valence-corrected chi connectivity index (χ1v) is 9.52. The quantitative estimate of drug-likeness (QED) is 0.748. The minimum atomic E-state index is -0.652. The summed E-state index contributed by atoms with van der Waals surface area (Å²) in [6, 6.07) is 4.68. The third kappa shape index (κ3) is 5.55. The van der Waals surface area contributed by atoms with Gasteiger partial charge < -0.3 is 14.2 Å². The van der Waals surface area contributed by atoms with Gasteiger partial charge in [0.2, 0.25) is 0 Å². The van der Waals surface area contributed by atoms with E-state index in [4.69, 9.17) is 9.31 Å². The van der Waals surface area contributed by atoms with Crippen LogP contribution in [0.2, 0.25) is 0 Å². The lowest BCUT2D eigenvalue weighted by Gasteiger charge is -2.33. The van der Waals surface area contributed by atoms with Crippen molar-refractivity contribution in [1.29, 1.82) is 0 Å². The third-order valence-electron chi connectivity index (χ3n) is 4.41. The Labute approximate surface area is 157 Å². The van der Waals surface area contributed by atoms with Crippen molar-refractivity contribution in [3.8, 4) is 0 Å². The van der Waals surface area contributed by atoms with E-state index in [0.717, 1.165) is 19.3 Å². The molecule has 1 unspecified atom stereocenters. The number of carbonyl (C=O) groups excluding carboxylic acids is 1. The predicted octanol–water partition coefficient (Wildman–Crippen LogP) is 3.78. The van der Waals surface area contributed by atoms with Crippen LogP contribution < -0.4 is 5.46 Å². The first-order valence-electron chi connectivity index (χ1n) is 9.52. The van der Waals surface area contributed by atoms with Crippen molar-refractivity contribution in [2.24, 2.45) is 0 Å². The fraction of sp³-hybridized carbons (Fsp3) is 0.650. The molecule has 4 nitrogen and oxygen atoms in total. The van der Waals surface area contributed by atoms with Gasteiger partial charge in [0.25, 0.3) is 5.91 Å². The van der Waals surface area contributed by atoms with E-state index in [1.54, 1.807) is 17.0 Å². The van der Waals surface area contributed by atoms with Crippen LogP contribution in [0.3, 0.4) is 0 Å². The highest BCUT2D eigenvalue weighted by Crippen LogP contribution is 2.21. The number of likely N-dealkylation sites (tertiary alicyclic amines) is 1. The second kappa shape index (κ2) is 8.53. The molecule has 1 aliphatic rings. The molecule has 0 bridgehead atoms. The maximum atomic E-state index is 14.4. The van der Waals surface area contributed by atoms with Crippen LogP contribution in [0.15, 0.2) is 18.2 Å². The summed E-state index contributed by atoms with van der Waals surface area (Å²) in [5, 5.41) is 0. The van der Waals surface area contributed by atoms with Crippen LogP contribution in [0.1, 0.15) is 71.2 Å². The normalized spacial score (nSPS) is 18.3. The van der Waals surface area contributed by atoms with E-state index in [0.29, 0.717) is 12.0 Å². The Kier molecular flexibility index (Phi) is 6.86. The summed E-state index contributed by atoms with van der Waals surface area (Å²) >= 11 is 0. The molecule has 6 heteroatoms. The highest BCUT2D eigenvalue weighted by molar-refractivity contribution is 6.61. The standard InChI is InChI=1S/C20H31BFNO3/c1-14(2)25-21(26-20(4,5)6)16-10-11-18(22)17(13-16)19(24)23-12-8-7-9-15(23)3/h10-11,13-15H,7-9,12H2,1-6H3. The lowest BCUT2D eigenvalue weighted by atomic mass is 9.76. The largest absolute Gasteiger partial charge is 0.494 e. The highest BCUT2D eigenvalue weighted by Gasteiger charge is 2.31. The van der Waals surface area contributed by atoms with Gasteiger partial charge in [-0.2, -0.15) is 0 Å². The minimum Gasteiger partial charge on any atom is -0.405 e. The van der Waals surface area contributed by atoms with Crippen molar-refractivity contribution in [2.45, 2.75) is 78.6 Å². The van der Waals surface area contributed by atoms with Gasteiger partial charge in [0.1, 0.15) is 5.82 Å². The molecule has 0 aliphatic carbocycles. The van der Waals surface area contributed by atoms with Gasteiger partial charge in [-0.25, -0.2) is 4.39 Å². The van der Waals surface area contributed by atoms with Crippen molar-refractivity contribution in [3.63, 3.8) is 0 Å². The summed E-state index contributed by atoms with van der Waals surface area (Å²) in [7, 11) is -0.652. The molecule has 1 aromatic carbocycles. The molecule has 1 atom stereocenters. The van der Waals surface area contributed by atoms with Crippen LogP contribution in [-0.2, 0) is 9.31 Å². The Morgan fingerprint density at radius 1 is 1.31 bits per heavy atom. The smallest absolute Gasteiger partial charge is 0.405 e. The molecule has 0 aromatic heterocycles. The molecule has 1 aliphatic heterocycles. The Balaban J connectivity index is 2.32. The number of hydrogen-bond acceptors (Lipinski definition) is 3. The average Bonchev–Trinajstić information content (AvgIpc) is 2.53. The van der Waals surface area contributed by atoms with Gasteiger partial charge in [-0.1, -0.05) is 6.07 Å². The van der Waals surface area contributed by atoms with Crippen molar-refractivity contribution in [1.82, 2.24) is 4.90 Å². The summed E-state index contributed by atoms with van der Waals surface area (Å²) in [4.78, 5) is 14.7. The molecule has 0 N–H and O–H groups in total. The first-order chi connectivity index (χ1) is 12.1. The van der Waals surface area contributed by atoms with Crippen LogP contribution in [0, 0.1) is 5.82 Å². The van der Waals surface area contributed by atoms with Gasteiger partial charge >= 0.3 is 7.12 Å². The molecule has 0 spiro atoms. The second-order valence-electron chi connectivity index (χ2n) is 8.33. The van der Waals surface area contributed by atoms with Crippen LogP contribution in [0.25, 0.3) is 0 Å². The SMILES string of the molecule is CC(C)OB(OC(C)(C)C)c1ccc(F)c(C(=O)N2CCCCC2C)c1. The lowest BCUT2D eigenvalue weighted by molar-refractivity contribution is 0.0631. The number of piperidine rings is 1. The molecule has 26 heavy (non-hydrogen) atoms. The molecule has 144 valence electrons. The summed E-state index contributed by atoms with van der Waals surface area (Å²) in [5.41, 5.74) is 0.314.